The molecule has 11 heteroatoms. The molecule has 178 valence electrons. The number of tetrazole rings is 1. The van der Waals surface area contributed by atoms with E-state index in [1.165, 1.54) is 0 Å². The second-order valence-electron chi connectivity index (χ2n) is 7.01. The van der Waals surface area contributed by atoms with Gasteiger partial charge in [0, 0.05) is 45.0 Å². The molecule has 1 N–H and O–H groups in total. The first-order valence-corrected chi connectivity index (χ1v) is 12.2. The van der Waals surface area contributed by atoms with Gasteiger partial charge in [-0.1, -0.05) is 70.8 Å². The maximum absolute atomic E-state index is 6.26. The highest BCUT2D eigenvalue weighted by molar-refractivity contribution is 7.99. The summed E-state index contributed by atoms with van der Waals surface area (Å²) in [7, 11) is 0. The van der Waals surface area contributed by atoms with Crippen molar-refractivity contribution in [1.29, 1.82) is 0 Å². The zero-order valence-corrected chi connectivity index (χ0v) is 21.7. The van der Waals surface area contributed by atoms with Gasteiger partial charge in [-0.15, -0.1) is 17.5 Å². The molecule has 0 radical (unpaired) electrons. The van der Waals surface area contributed by atoms with Gasteiger partial charge in [0.05, 0.1) is 5.69 Å². The van der Waals surface area contributed by atoms with Crippen LogP contribution in [-0.2, 0) is 13.2 Å². The van der Waals surface area contributed by atoms with E-state index in [4.69, 9.17) is 39.5 Å². The van der Waals surface area contributed by atoms with Crippen LogP contribution in [0.3, 0.4) is 0 Å². The highest BCUT2D eigenvalue weighted by atomic mass is 35.5. The number of ether oxygens (including phenoxy) is 1. The van der Waals surface area contributed by atoms with Crippen LogP contribution < -0.4 is 10.1 Å². The number of para-hydroxylation sites is 1. The smallest absolute Gasteiger partial charge is 0.214 e. The second-order valence-corrected chi connectivity index (χ2v) is 9.35. The van der Waals surface area contributed by atoms with Gasteiger partial charge in [-0.2, -0.15) is 4.68 Å². The lowest BCUT2D eigenvalue weighted by Gasteiger charge is -2.14. The first-order valence-electron chi connectivity index (χ1n) is 10.1. The minimum atomic E-state index is 0. The molecule has 0 saturated carbocycles. The Hall–Kier alpha value is -2.00. The predicted octanol–water partition coefficient (Wildman–Crippen LogP) is 6.51. The molecular formula is C23H21Cl4N5OS. The fourth-order valence-electron chi connectivity index (χ4n) is 3.06. The average molecular weight is 557 g/mol. The van der Waals surface area contributed by atoms with Gasteiger partial charge in [-0.05, 0) is 52.9 Å². The Morgan fingerprint density at radius 3 is 2.47 bits per heavy atom. The van der Waals surface area contributed by atoms with E-state index in [2.05, 4.69) is 20.8 Å². The number of thioether (sulfide) groups is 1. The number of benzene rings is 3. The van der Waals surface area contributed by atoms with Gasteiger partial charge in [0.1, 0.15) is 12.4 Å². The molecule has 34 heavy (non-hydrogen) atoms. The van der Waals surface area contributed by atoms with Crippen LogP contribution in [-0.4, -0.2) is 32.5 Å². The number of rotatable bonds is 10. The summed E-state index contributed by atoms with van der Waals surface area (Å²) >= 11 is 20.0. The molecule has 0 aliphatic rings. The first kappa shape index (κ1) is 26.6. The van der Waals surface area contributed by atoms with Gasteiger partial charge < -0.3 is 10.1 Å². The average Bonchev–Trinajstić information content (AvgIpc) is 3.28. The standard InChI is InChI=1S/C23H20Cl3N5OS.ClH/c24-18-8-9-22(32-15-16-6-7-19(25)13-21(16)26)17(12-18)14-27-10-11-33-23-28-29-30-31(23)20-4-2-1-3-5-20;/h1-9,12-13,27H,10-11,14-15H2;1H. The molecule has 6 nitrogen and oxygen atoms in total. The highest BCUT2D eigenvalue weighted by Gasteiger charge is 2.10. The van der Waals surface area contributed by atoms with E-state index in [-0.39, 0.29) is 12.4 Å². The Morgan fingerprint density at radius 1 is 0.912 bits per heavy atom. The predicted molar refractivity (Wildman–Crippen MR) is 141 cm³/mol. The third-order valence-electron chi connectivity index (χ3n) is 4.69. The van der Waals surface area contributed by atoms with Crippen molar-refractivity contribution in [3.05, 3.63) is 92.9 Å². The van der Waals surface area contributed by atoms with E-state index in [0.717, 1.165) is 40.0 Å². The third kappa shape index (κ3) is 7.25. The van der Waals surface area contributed by atoms with Crippen molar-refractivity contribution in [1.82, 2.24) is 25.5 Å². The first-order chi connectivity index (χ1) is 16.1. The SMILES string of the molecule is Cl.Clc1ccc(COc2ccc(Cl)cc2CNCCSc2nnnn2-c2ccccc2)c(Cl)c1. The maximum Gasteiger partial charge on any atom is 0.214 e. The Balaban J connectivity index is 0.00000324. The molecule has 0 spiro atoms. The normalized spacial score (nSPS) is 10.7. The number of aromatic nitrogens is 4. The number of hydrogen-bond donors (Lipinski definition) is 1. The van der Waals surface area contributed by atoms with Crippen LogP contribution in [0, 0.1) is 0 Å². The Morgan fingerprint density at radius 2 is 1.68 bits per heavy atom. The van der Waals surface area contributed by atoms with Crippen molar-refractivity contribution >= 4 is 59.0 Å². The summed E-state index contributed by atoms with van der Waals surface area (Å²) in [5, 5.41) is 18.0. The second kappa shape index (κ2) is 13.2. The zero-order chi connectivity index (χ0) is 23.0. The zero-order valence-electron chi connectivity index (χ0n) is 17.8. The summed E-state index contributed by atoms with van der Waals surface area (Å²) in [6.07, 6.45) is 0. The summed E-state index contributed by atoms with van der Waals surface area (Å²) in [5.41, 5.74) is 2.76. The lowest BCUT2D eigenvalue weighted by molar-refractivity contribution is 0.302. The Labute approximate surface area is 223 Å². The molecule has 0 unspecified atom stereocenters. The largest absolute Gasteiger partial charge is 0.489 e. The molecule has 0 amide bonds. The van der Waals surface area contributed by atoms with Crippen molar-refractivity contribution < 1.29 is 4.74 Å². The molecule has 0 saturated heterocycles. The van der Waals surface area contributed by atoms with Crippen LogP contribution in [0.4, 0.5) is 0 Å². The molecule has 0 aliphatic carbocycles. The van der Waals surface area contributed by atoms with Crippen LogP contribution in [0.1, 0.15) is 11.1 Å². The fourth-order valence-corrected chi connectivity index (χ4v) is 4.50. The lowest BCUT2D eigenvalue weighted by Crippen LogP contribution is -2.17. The Bertz CT molecular complexity index is 1210. The molecule has 0 bridgehead atoms. The summed E-state index contributed by atoms with van der Waals surface area (Å²) in [6, 6.07) is 20.7. The maximum atomic E-state index is 6.26. The van der Waals surface area contributed by atoms with E-state index in [1.807, 2.05) is 54.6 Å². The van der Waals surface area contributed by atoms with Crippen LogP contribution in [0.2, 0.25) is 15.1 Å². The number of nitrogens with zero attached hydrogens (tertiary/aromatic N) is 4. The van der Waals surface area contributed by atoms with Crippen LogP contribution >= 0.6 is 59.0 Å². The molecule has 0 atom stereocenters. The molecule has 0 fully saturated rings. The van der Waals surface area contributed by atoms with Crippen molar-refractivity contribution in [2.45, 2.75) is 18.3 Å². The van der Waals surface area contributed by atoms with Crippen LogP contribution in [0.15, 0.2) is 71.9 Å². The molecule has 0 aliphatic heterocycles. The number of hydrogen-bond acceptors (Lipinski definition) is 6. The minimum Gasteiger partial charge on any atom is -0.489 e. The van der Waals surface area contributed by atoms with Crippen LogP contribution in [0.5, 0.6) is 5.75 Å². The topological polar surface area (TPSA) is 64.9 Å². The molecular weight excluding hydrogens is 536 g/mol. The van der Waals surface area contributed by atoms with Crippen LogP contribution in [0.25, 0.3) is 5.69 Å². The van der Waals surface area contributed by atoms with Gasteiger partial charge in [0.2, 0.25) is 5.16 Å². The minimum absolute atomic E-state index is 0. The van der Waals surface area contributed by atoms with Gasteiger partial charge >= 0.3 is 0 Å². The van der Waals surface area contributed by atoms with Gasteiger partial charge in [0.25, 0.3) is 0 Å². The summed E-state index contributed by atoms with van der Waals surface area (Å²) in [6.45, 7) is 1.69. The Kier molecular flexibility index (Phi) is 10.3. The monoisotopic (exact) mass is 555 g/mol. The van der Waals surface area contributed by atoms with Gasteiger partial charge in [-0.25, -0.2) is 0 Å². The van der Waals surface area contributed by atoms with Gasteiger partial charge in [0.15, 0.2) is 0 Å². The van der Waals surface area contributed by atoms with E-state index >= 15 is 0 Å². The molecule has 4 aromatic rings. The summed E-state index contributed by atoms with van der Waals surface area (Å²) in [5.74, 6) is 1.54. The van der Waals surface area contributed by atoms with Crippen molar-refractivity contribution in [3.63, 3.8) is 0 Å². The summed E-state index contributed by atoms with van der Waals surface area (Å²) < 4.78 is 7.75. The number of halogens is 4. The van der Waals surface area contributed by atoms with Crippen molar-refractivity contribution in [2.24, 2.45) is 0 Å². The molecule has 3 aromatic carbocycles. The van der Waals surface area contributed by atoms with E-state index in [9.17, 15) is 0 Å². The lowest BCUT2D eigenvalue weighted by atomic mass is 10.2. The quantitative estimate of drug-likeness (QED) is 0.177. The van der Waals surface area contributed by atoms with E-state index in [1.54, 1.807) is 28.6 Å². The van der Waals surface area contributed by atoms with Crippen molar-refractivity contribution in [3.8, 4) is 11.4 Å². The molecule has 4 rings (SSSR count). The highest BCUT2D eigenvalue weighted by Crippen LogP contribution is 2.26. The summed E-state index contributed by atoms with van der Waals surface area (Å²) in [4.78, 5) is 0. The molecule has 1 aromatic heterocycles. The number of nitrogens with one attached hydrogen (secondary N) is 1. The van der Waals surface area contributed by atoms with Gasteiger partial charge in [-0.3, -0.25) is 0 Å². The fraction of sp³-hybridized carbons (Fsp3) is 0.174. The third-order valence-corrected chi connectivity index (χ3v) is 6.43. The van der Waals surface area contributed by atoms with E-state index in [0.29, 0.717) is 28.2 Å². The molecule has 1 heterocycles. The van der Waals surface area contributed by atoms with E-state index < -0.39 is 0 Å². The van der Waals surface area contributed by atoms with Crippen molar-refractivity contribution in [2.75, 3.05) is 12.3 Å².